The fourth-order valence-corrected chi connectivity index (χ4v) is 2.21. The van der Waals surface area contributed by atoms with Crippen LogP contribution in [0.1, 0.15) is 87.5 Å². The van der Waals surface area contributed by atoms with Crippen LogP contribution in [0.5, 0.6) is 0 Å². The molecule has 8 heteroatoms. The van der Waals surface area contributed by atoms with Gasteiger partial charge in [-0.2, -0.15) is 0 Å². The van der Waals surface area contributed by atoms with E-state index in [-0.39, 0.29) is 41.9 Å². The monoisotopic (exact) mass is 448 g/mol. The van der Waals surface area contributed by atoms with Crippen LogP contribution in [-0.2, 0) is 14.4 Å². The lowest BCUT2D eigenvalue weighted by Crippen LogP contribution is -2.38. The van der Waals surface area contributed by atoms with Crippen LogP contribution in [0.25, 0.3) is 0 Å². The number of carbonyl (C=O) groups excluding carboxylic acids is 3. The standard InChI is InChI=1S/C9H19NO2.C8H16O2.C6H13NO2/c1-4-5-6-8(11)9(12)10-7(2)3;1-4-5-7(9)8(10)6(2)3;1-4(2)6(9)5(8)3-7/h7-8,11H,4-6H2,1-3H3,(H,10,12);6-7,9H,4-5H2,1-3H3;4-5,8H,3,7H2,1-2H3. The first-order valence-electron chi connectivity index (χ1n) is 11.4. The maximum atomic E-state index is 11.1. The third kappa shape index (κ3) is 20.3. The smallest absolute Gasteiger partial charge is 0.249 e. The molecule has 0 aromatic heterocycles. The number of hydrogen-bond donors (Lipinski definition) is 5. The molecule has 0 rings (SSSR count). The van der Waals surface area contributed by atoms with Crippen molar-refractivity contribution in [3.8, 4) is 0 Å². The predicted octanol–water partition coefficient (Wildman–Crippen LogP) is 1.97. The molecule has 6 N–H and O–H groups in total. The van der Waals surface area contributed by atoms with Gasteiger partial charge in [0.25, 0.3) is 0 Å². The molecule has 3 unspecified atom stereocenters. The zero-order valence-electron chi connectivity index (χ0n) is 20.9. The van der Waals surface area contributed by atoms with Gasteiger partial charge in [0.15, 0.2) is 11.6 Å². The fourth-order valence-electron chi connectivity index (χ4n) is 2.21. The highest BCUT2D eigenvalue weighted by Gasteiger charge is 2.17. The second kappa shape index (κ2) is 20.5. The molecule has 1 amide bonds. The Balaban J connectivity index is -0.000000384. The summed E-state index contributed by atoms with van der Waals surface area (Å²) in [5.74, 6) is -0.636. The van der Waals surface area contributed by atoms with Gasteiger partial charge in [0, 0.05) is 24.4 Å². The molecule has 0 spiro atoms. The van der Waals surface area contributed by atoms with Crippen molar-refractivity contribution in [2.45, 2.75) is 112 Å². The van der Waals surface area contributed by atoms with Crippen molar-refractivity contribution in [2.24, 2.45) is 17.6 Å². The minimum absolute atomic E-state index is 0.0248. The van der Waals surface area contributed by atoms with Crippen LogP contribution in [0.15, 0.2) is 0 Å². The highest BCUT2D eigenvalue weighted by molar-refractivity contribution is 5.85. The summed E-state index contributed by atoms with van der Waals surface area (Å²) in [6.45, 7) is 14.9. The number of Topliss-reactive ketones (excluding diaryl/α,β-unsaturated/α-hetero) is 2. The molecule has 0 aliphatic rings. The summed E-state index contributed by atoms with van der Waals surface area (Å²) in [5, 5.41) is 29.9. The van der Waals surface area contributed by atoms with Gasteiger partial charge in [-0.05, 0) is 26.7 Å². The number of rotatable bonds is 12. The summed E-state index contributed by atoms with van der Waals surface area (Å²) in [6.07, 6.45) is 1.40. The summed E-state index contributed by atoms with van der Waals surface area (Å²) < 4.78 is 0. The summed E-state index contributed by atoms with van der Waals surface area (Å²) >= 11 is 0. The van der Waals surface area contributed by atoms with E-state index in [1.165, 1.54) is 0 Å². The van der Waals surface area contributed by atoms with Crippen molar-refractivity contribution in [3.05, 3.63) is 0 Å². The molecule has 0 aliphatic carbocycles. The zero-order chi connectivity index (χ0) is 25.1. The van der Waals surface area contributed by atoms with Crippen molar-refractivity contribution in [2.75, 3.05) is 6.54 Å². The van der Waals surface area contributed by atoms with E-state index in [4.69, 9.17) is 15.9 Å². The molecule has 3 atom stereocenters. The number of aliphatic hydroxyl groups excluding tert-OH is 3. The quantitative estimate of drug-likeness (QED) is 0.306. The SMILES string of the molecule is CC(C)C(=O)C(O)CN.CCCC(O)C(=O)C(C)C.CCCCC(O)C(=O)NC(C)C. The van der Waals surface area contributed by atoms with Crippen LogP contribution in [0.3, 0.4) is 0 Å². The molecule has 0 heterocycles. The largest absolute Gasteiger partial charge is 0.385 e. The first-order chi connectivity index (χ1) is 14.3. The van der Waals surface area contributed by atoms with Gasteiger partial charge >= 0.3 is 0 Å². The highest BCUT2D eigenvalue weighted by atomic mass is 16.3. The summed E-state index contributed by atoms with van der Waals surface area (Å²) in [5.41, 5.74) is 5.04. The molecule has 0 aromatic carbocycles. The van der Waals surface area contributed by atoms with Crippen molar-refractivity contribution in [1.29, 1.82) is 0 Å². The Morgan fingerprint density at radius 3 is 1.48 bits per heavy atom. The van der Waals surface area contributed by atoms with Crippen LogP contribution in [0.2, 0.25) is 0 Å². The van der Waals surface area contributed by atoms with Gasteiger partial charge < -0.3 is 26.4 Å². The van der Waals surface area contributed by atoms with Gasteiger partial charge in [-0.3, -0.25) is 14.4 Å². The van der Waals surface area contributed by atoms with Crippen LogP contribution in [0, 0.1) is 11.8 Å². The van der Waals surface area contributed by atoms with E-state index in [1.807, 2.05) is 27.7 Å². The summed E-state index contributed by atoms with van der Waals surface area (Å²) in [4.78, 5) is 32.8. The topological polar surface area (TPSA) is 150 Å². The summed E-state index contributed by atoms with van der Waals surface area (Å²) in [6, 6.07) is 0.105. The van der Waals surface area contributed by atoms with E-state index in [1.54, 1.807) is 27.7 Å². The second-order valence-electron chi connectivity index (χ2n) is 8.49. The highest BCUT2D eigenvalue weighted by Crippen LogP contribution is 2.04. The Kier molecular flexibility index (Phi) is 22.7. The number of aliphatic hydroxyl groups is 3. The average Bonchev–Trinajstić information content (AvgIpc) is 2.70. The molecule has 0 fully saturated rings. The molecule has 0 saturated heterocycles. The number of carbonyl (C=O) groups is 3. The van der Waals surface area contributed by atoms with Crippen LogP contribution in [-0.4, -0.2) is 63.7 Å². The van der Waals surface area contributed by atoms with Crippen molar-refractivity contribution < 1.29 is 29.7 Å². The van der Waals surface area contributed by atoms with Crippen LogP contribution in [0.4, 0.5) is 0 Å². The first kappa shape index (κ1) is 34.3. The third-order valence-corrected chi connectivity index (χ3v) is 4.14. The molecule has 8 nitrogen and oxygen atoms in total. The lowest BCUT2D eigenvalue weighted by molar-refractivity contribution is -0.130. The van der Waals surface area contributed by atoms with Gasteiger partial charge in [-0.25, -0.2) is 0 Å². The normalized spacial score (nSPS) is 13.5. The lowest BCUT2D eigenvalue weighted by atomic mass is 10.0. The van der Waals surface area contributed by atoms with Crippen LogP contribution >= 0.6 is 0 Å². The molecule has 0 bridgehead atoms. The van der Waals surface area contributed by atoms with E-state index in [2.05, 4.69) is 5.32 Å². The van der Waals surface area contributed by atoms with E-state index in [9.17, 15) is 19.5 Å². The molecule has 31 heavy (non-hydrogen) atoms. The van der Waals surface area contributed by atoms with Gasteiger partial charge in [-0.1, -0.05) is 60.8 Å². The maximum Gasteiger partial charge on any atom is 0.249 e. The van der Waals surface area contributed by atoms with Crippen molar-refractivity contribution in [1.82, 2.24) is 5.32 Å². The molecule has 0 aromatic rings. The number of ketones is 2. The minimum Gasteiger partial charge on any atom is -0.385 e. The zero-order valence-corrected chi connectivity index (χ0v) is 20.9. The van der Waals surface area contributed by atoms with Crippen molar-refractivity contribution >= 4 is 17.5 Å². The van der Waals surface area contributed by atoms with Gasteiger partial charge in [-0.15, -0.1) is 0 Å². The van der Waals surface area contributed by atoms with Gasteiger partial charge in [0.2, 0.25) is 5.91 Å². The molecular weight excluding hydrogens is 400 g/mol. The van der Waals surface area contributed by atoms with Crippen LogP contribution < -0.4 is 11.1 Å². The number of amides is 1. The second-order valence-corrected chi connectivity index (χ2v) is 8.49. The molecule has 0 radical (unpaired) electrons. The number of hydrogen-bond acceptors (Lipinski definition) is 7. The maximum absolute atomic E-state index is 11.1. The summed E-state index contributed by atoms with van der Waals surface area (Å²) in [7, 11) is 0. The number of nitrogens with one attached hydrogen (secondary N) is 1. The van der Waals surface area contributed by atoms with E-state index >= 15 is 0 Å². The third-order valence-electron chi connectivity index (χ3n) is 4.14. The van der Waals surface area contributed by atoms with Gasteiger partial charge in [0.1, 0.15) is 18.3 Å². The van der Waals surface area contributed by atoms with Crippen molar-refractivity contribution in [3.63, 3.8) is 0 Å². The predicted molar refractivity (Wildman–Crippen MR) is 124 cm³/mol. The molecule has 0 saturated carbocycles. The number of nitrogens with two attached hydrogens (primary N) is 1. The average molecular weight is 449 g/mol. The van der Waals surface area contributed by atoms with E-state index in [0.29, 0.717) is 12.8 Å². The fraction of sp³-hybridized carbons (Fsp3) is 0.870. The van der Waals surface area contributed by atoms with Gasteiger partial charge in [0.05, 0.1) is 0 Å². The molecule has 186 valence electrons. The Morgan fingerprint density at radius 1 is 0.742 bits per heavy atom. The molecular formula is C23H48N2O6. The Labute approximate surface area is 189 Å². The minimum atomic E-state index is -0.968. The lowest BCUT2D eigenvalue weighted by Gasteiger charge is -2.12. The Bertz CT molecular complexity index is 481. The number of unbranched alkanes of at least 4 members (excludes halogenated alkanes) is 1. The van der Waals surface area contributed by atoms with E-state index in [0.717, 1.165) is 19.3 Å². The van der Waals surface area contributed by atoms with E-state index < -0.39 is 18.3 Å². The Morgan fingerprint density at radius 2 is 1.19 bits per heavy atom. The molecule has 0 aliphatic heterocycles. The first-order valence-corrected chi connectivity index (χ1v) is 11.4. The Hall–Kier alpha value is -1.35.